The van der Waals surface area contributed by atoms with Gasteiger partial charge in [0.1, 0.15) is 0 Å². The van der Waals surface area contributed by atoms with E-state index in [1.165, 1.54) is 62.5 Å². The van der Waals surface area contributed by atoms with Crippen molar-refractivity contribution in [3.63, 3.8) is 0 Å². The van der Waals surface area contributed by atoms with Crippen LogP contribution in [-0.2, 0) is 16.0 Å². The fourth-order valence-corrected chi connectivity index (χ4v) is 4.34. The van der Waals surface area contributed by atoms with Crippen molar-refractivity contribution in [1.82, 2.24) is 0 Å². The Kier molecular flexibility index (Phi) is 11.3. The Balaban J connectivity index is 1.63. The fourth-order valence-electron chi connectivity index (χ4n) is 4.34. The van der Waals surface area contributed by atoms with E-state index in [4.69, 9.17) is 0 Å². The van der Waals surface area contributed by atoms with E-state index >= 15 is 0 Å². The van der Waals surface area contributed by atoms with Crippen molar-refractivity contribution in [2.24, 2.45) is 5.92 Å². The van der Waals surface area contributed by atoms with E-state index in [0.29, 0.717) is 5.92 Å². The van der Waals surface area contributed by atoms with Crippen LogP contribution in [0.1, 0.15) is 101 Å². The first-order valence-corrected chi connectivity index (χ1v) is 11.6. The summed E-state index contributed by atoms with van der Waals surface area (Å²) < 4.78 is 29.0. The lowest BCUT2D eigenvalue weighted by atomic mass is 9.78. The van der Waals surface area contributed by atoms with Crippen LogP contribution in [0.4, 0.5) is 8.78 Å². The van der Waals surface area contributed by atoms with Gasteiger partial charge in [0.2, 0.25) is 0 Å². The average molecular weight is 409 g/mol. The maximum atomic E-state index is 12.2. The van der Waals surface area contributed by atoms with Crippen molar-refractivity contribution in [2.45, 2.75) is 103 Å². The van der Waals surface area contributed by atoms with Gasteiger partial charge in [0, 0.05) is 0 Å². The third-order valence-corrected chi connectivity index (χ3v) is 6.18. The van der Waals surface area contributed by atoms with Crippen molar-refractivity contribution in [3.8, 4) is 0 Å². The number of esters is 1. The van der Waals surface area contributed by atoms with Gasteiger partial charge in [0.25, 0.3) is 6.43 Å². The minimum Gasteiger partial charge on any atom is -0.459 e. The highest BCUT2D eigenvalue weighted by atomic mass is 19.3. The Morgan fingerprint density at radius 2 is 1.52 bits per heavy atom. The molecule has 0 aromatic heterocycles. The number of halogens is 2. The van der Waals surface area contributed by atoms with Crippen LogP contribution in [0.3, 0.4) is 0 Å². The smallest absolute Gasteiger partial charge is 0.309 e. The lowest BCUT2D eigenvalue weighted by Gasteiger charge is -2.27. The van der Waals surface area contributed by atoms with E-state index in [1.807, 2.05) is 0 Å². The number of carbonyl (C=O) groups is 1. The van der Waals surface area contributed by atoms with Crippen molar-refractivity contribution in [1.29, 1.82) is 0 Å². The summed E-state index contributed by atoms with van der Waals surface area (Å²) in [5.41, 5.74) is 2.74. The van der Waals surface area contributed by atoms with Gasteiger partial charge in [0.05, 0.1) is 5.92 Å². The highest BCUT2D eigenvalue weighted by Crippen LogP contribution is 2.36. The van der Waals surface area contributed by atoms with E-state index in [1.54, 1.807) is 0 Å². The Labute approximate surface area is 175 Å². The van der Waals surface area contributed by atoms with Gasteiger partial charge in [-0.05, 0) is 55.6 Å². The fraction of sp³-hybridized carbons (Fsp3) is 0.720. The number of alkyl halides is 2. The van der Waals surface area contributed by atoms with Crippen LogP contribution in [0.5, 0.6) is 0 Å². The summed E-state index contributed by atoms with van der Waals surface area (Å²) in [5.74, 6) is -0.206. The molecule has 1 aromatic rings. The Bertz CT molecular complexity index is 563. The monoisotopic (exact) mass is 408 g/mol. The minimum absolute atomic E-state index is 0.216. The number of hydrogen-bond acceptors (Lipinski definition) is 2. The van der Waals surface area contributed by atoms with Gasteiger partial charge >= 0.3 is 5.97 Å². The molecule has 0 saturated heterocycles. The molecule has 1 aromatic carbocycles. The molecule has 29 heavy (non-hydrogen) atoms. The van der Waals surface area contributed by atoms with Crippen molar-refractivity contribution in [2.75, 3.05) is 6.61 Å². The molecule has 1 fully saturated rings. The second-order valence-corrected chi connectivity index (χ2v) is 8.54. The molecule has 1 aliphatic rings. The summed E-state index contributed by atoms with van der Waals surface area (Å²) in [6.07, 6.45) is 12.6. The number of hydrogen-bond donors (Lipinski definition) is 0. The Hall–Kier alpha value is -1.45. The van der Waals surface area contributed by atoms with E-state index in [2.05, 4.69) is 35.9 Å². The molecule has 0 amide bonds. The Morgan fingerprint density at radius 3 is 2.10 bits per heavy atom. The van der Waals surface area contributed by atoms with Crippen LogP contribution < -0.4 is 0 Å². The van der Waals surface area contributed by atoms with Crippen molar-refractivity contribution < 1.29 is 18.3 Å². The van der Waals surface area contributed by atoms with Gasteiger partial charge in [0.15, 0.2) is 6.61 Å². The zero-order valence-corrected chi connectivity index (χ0v) is 18.0. The maximum Gasteiger partial charge on any atom is 0.309 e. The van der Waals surface area contributed by atoms with E-state index in [-0.39, 0.29) is 5.92 Å². The third kappa shape index (κ3) is 9.27. The van der Waals surface area contributed by atoms with Gasteiger partial charge in [-0.2, -0.15) is 0 Å². The Morgan fingerprint density at radius 1 is 0.931 bits per heavy atom. The van der Waals surface area contributed by atoms with E-state index in [9.17, 15) is 13.6 Å². The molecule has 0 heterocycles. The van der Waals surface area contributed by atoms with Crippen LogP contribution in [0.25, 0.3) is 0 Å². The molecule has 0 bridgehead atoms. The van der Waals surface area contributed by atoms with Crippen LogP contribution in [-0.4, -0.2) is 19.0 Å². The molecule has 4 heteroatoms. The number of ether oxygens (including phenoxy) is 1. The number of aryl methyl sites for hydroxylation is 1. The topological polar surface area (TPSA) is 26.3 Å². The predicted octanol–water partition coefficient (Wildman–Crippen LogP) is 7.45. The number of unbranched alkanes of at least 4 members (excludes halogenated alkanes) is 7. The summed E-state index contributed by atoms with van der Waals surface area (Å²) in [4.78, 5) is 11.8. The second kappa shape index (κ2) is 13.7. The van der Waals surface area contributed by atoms with Crippen LogP contribution >= 0.6 is 0 Å². The van der Waals surface area contributed by atoms with Crippen LogP contribution in [0.15, 0.2) is 24.3 Å². The first kappa shape index (κ1) is 23.8. The van der Waals surface area contributed by atoms with E-state index < -0.39 is 19.0 Å². The molecule has 164 valence electrons. The number of rotatable bonds is 13. The standard InChI is InChI=1S/C25H38F2O2/c1-2-3-4-5-6-7-8-9-10-20-11-13-21(14-12-20)22-15-17-23(18-16-22)25(28)29-19-24(26)27/h11-14,22-24H,2-10,15-19H2,1H3. The van der Waals surface area contributed by atoms with Gasteiger partial charge in [-0.25, -0.2) is 8.78 Å². The zero-order valence-electron chi connectivity index (χ0n) is 18.0. The SMILES string of the molecule is CCCCCCCCCCc1ccc(C2CCC(C(=O)OCC(F)F)CC2)cc1. The summed E-state index contributed by atoms with van der Waals surface area (Å²) in [6.45, 7) is 1.48. The maximum absolute atomic E-state index is 12.2. The minimum atomic E-state index is -2.58. The molecule has 1 saturated carbocycles. The summed E-state index contributed by atoms with van der Waals surface area (Å²) in [5, 5.41) is 0. The molecule has 0 N–H and O–H groups in total. The molecule has 2 nitrogen and oxygen atoms in total. The molecular formula is C25H38F2O2. The van der Waals surface area contributed by atoms with Gasteiger partial charge in [-0.1, -0.05) is 76.1 Å². The summed E-state index contributed by atoms with van der Waals surface area (Å²) in [6, 6.07) is 8.97. The van der Waals surface area contributed by atoms with Crippen LogP contribution in [0, 0.1) is 5.92 Å². The molecule has 0 radical (unpaired) electrons. The number of benzene rings is 1. The second-order valence-electron chi connectivity index (χ2n) is 8.54. The molecular weight excluding hydrogens is 370 g/mol. The number of carbonyl (C=O) groups excluding carboxylic acids is 1. The van der Waals surface area contributed by atoms with E-state index in [0.717, 1.165) is 32.1 Å². The third-order valence-electron chi connectivity index (χ3n) is 6.18. The normalized spacial score (nSPS) is 19.4. The molecule has 0 atom stereocenters. The average Bonchev–Trinajstić information content (AvgIpc) is 2.74. The molecule has 2 rings (SSSR count). The van der Waals surface area contributed by atoms with Gasteiger partial charge in [-0.15, -0.1) is 0 Å². The first-order valence-electron chi connectivity index (χ1n) is 11.6. The molecule has 0 spiro atoms. The lowest BCUT2D eigenvalue weighted by Crippen LogP contribution is -2.24. The van der Waals surface area contributed by atoms with Crippen molar-refractivity contribution in [3.05, 3.63) is 35.4 Å². The summed E-state index contributed by atoms with van der Waals surface area (Å²) in [7, 11) is 0. The quantitative estimate of drug-likeness (QED) is 0.250. The predicted molar refractivity (Wildman–Crippen MR) is 114 cm³/mol. The molecule has 1 aliphatic carbocycles. The summed E-state index contributed by atoms with van der Waals surface area (Å²) >= 11 is 0. The lowest BCUT2D eigenvalue weighted by molar-refractivity contribution is -0.153. The molecule has 0 aliphatic heterocycles. The highest BCUT2D eigenvalue weighted by Gasteiger charge is 2.28. The largest absolute Gasteiger partial charge is 0.459 e. The highest BCUT2D eigenvalue weighted by molar-refractivity contribution is 5.72. The van der Waals surface area contributed by atoms with Crippen LogP contribution in [0.2, 0.25) is 0 Å². The molecule has 0 unspecified atom stereocenters. The first-order chi connectivity index (χ1) is 14.1. The zero-order chi connectivity index (χ0) is 20.9. The van der Waals surface area contributed by atoms with Crippen molar-refractivity contribution >= 4 is 5.97 Å². The van der Waals surface area contributed by atoms with Gasteiger partial charge in [-0.3, -0.25) is 4.79 Å². The van der Waals surface area contributed by atoms with Gasteiger partial charge < -0.3 is 4.74 Å².